The first-order valence-electron chi connectivity index (χ1n) is 6.73. The third kappa shape index (κ3) is 3.37. The second kappa shape index (κ2) is 5.92. The number of piperazine rings is 1. The van der Waals surface area contributed by atoms with Gasteiger partial charge in [0.15, 0.2) is 0 Å². The molecule has 0 aliphatic carbocycles. The molecular weight excluding hydrogens is 210 g/mol. The van der Waals surface area contributed by atoms with Crippen LogP contribution in [0.25, 0.3) is 0 Å². The average molecular weight is 234 g/mol. The lowest BCUT2D eigenvalue weighted by molar-refractivity contribution is -0.900. The minimum Gasteiger partial charge on any atom is -0.399 e. The van der Waals surface area contributed by atoms with E-state index in [1.807, 2.05) is 12.1 Å². The Morgan fingerprint density at radius 2 is 1.82 bits per heavy atom. The normalized spacial score (nSPS) is 17.4. The Morgan fingerprint density at radius 3 is 2.41 bits per heavy atom. The first-order valence-corrected chi connectivity index (χ1v) is 6.73. The Hall–Kier alpha value is -1.22. The van der Waals surface area contributed by atoms with Crippen molar-refractivity contribution in [1.82, 2.24) is 0 Å². The van der Waals surface area contributed by atoms with Crippen LogP contribution in [0.3, 0.4) is 0 Å². The van der Waals surface area contributed by atoms with Crippen LogP contribution < -0.4 is 15.5 Å². The molecule has 0 saturated carbocycles. The van der Waals surface area contributed by atoms with E-state index in [9.17, 15) is 0 Å². The number of nitrogen functional groups attached to an aromatic ring is 1. The van der Waals surface area contributed by atoms with E-state index in [4.69, 9.17) is 5.73 Å². The topological polar surface area (TPSA) is 33.7 Å². The number of quaternary nitrogens is 1. The predicted octanol–water partition coefficient (Wildman–Crippen LogP) is 0.774. The standard InChI is InChI=1S/C14H23N3/c1-2-3-8-16-9-11-17(12-10-16)14-6-4-13(15)5-7-14/h4-7H,2-3,8-12,15H2,1H3/p+1. The van der Waals surface area contributed by atoms with Crippen molar-refractivity contribution < 1.29 is 4.90 Å². The molecule has 2 rings (SSSR count). The maximum atomic E-state index is 5.71. The highest BCUT2D eigenvalue weighted by molar-refractivity contribution is 5.53. The third-order valence-corrected chi connectivity index (χ3v) is 3.61. The van der Waals surface area contributed by atoms with Gasteiger partial charge in [-0.3, -0.25) is 0 Å². The molecule has 1 aromatic rings. The smallest absolute Gasteiger partial charge is 0.0949 e. The van der Waals surface area contributed by atoms with E-state index in [1.165, 1.54) is 51.3 Å². The van der Waals surface area contributed by atoms with Gasteiger partial charge in [-0.05, 0) is 30.7 Å². The number of anilines is 2. The zero-order chi connectivity index (χ0) is 12.1. The minimum atomic E-state index is 0.848. The van der Waals surface area contributed by atoms with Crippen molar-refractivity contribution in [2.45, 2.75) is 19.8 Å². The highest BCUT2D eigenvalue weighted by Gasteiger charge is 2.19. The van der Waals surface area contributed by atoms with Crippen LogP contribution in [-0.2, 0) is 0 Å². The van der Waals surface area contributed by atoms with Gasteiger partial charge in [-0.15, -0.1) is 0 Å². The number of nitrogens with zero attached hydrogens (tertiary/aromatic N) is 1. The average Bonchev–Trinajstić information content (AvgIpc) is 2.38. The predicted molar refractivity (Wildman–Crippen MR) is 73.5 cm³/mol. The van der Waals surface area contributed by atoms with Gasteiger partial charge in [0, 0.05) is 11.4 Å². The van der Waals surface area contributed by atoms with E-state index in [0.717, 1.165) is 5.69 Å². The van der Waals surface area contributed by atoms with Crippen LogP contribution in [-0.4, -0.2) is 32.7 Å². The summed E-state index contributed by atoms with van der Waals surface area (Å²) in [6.45, 7) is 8.48. The van der Waals surface area contributed by atoms with E-state index in [0.29, 0.717) is 0 Å². The molecule has 1 aliphatic rings. The molecule has 1 aliphatic heterocycles. The molecule has 0 amide bonds. The van der Waals surface area contributed by atoms with Crippen molar-refractivity contribution in [3.63, 3.8) is 0 Å². The van der Waals surface area contributed by atoms with Crippen LogP contribution in [0.5, 0.6) is 0 Å². The molecule has 0 radical (unpaired) electrons. The lowest BCUT2D eigenvalue weighted by Crippen LogP contribution is -3.14. The Balaban J connectivity index is 1.84. The molecule has 3 N–H and O–H groups in total. The molecule has 94 valence electrons. The van der Waals surface area contributed by atoms with Gasteiger partial charge in [0.2, 0.25) is 0 Å². The zero-order valence-electron chi connectivity index (χ0n) is 10.8. The van der Waals surface area contributed by atoms with Crippen molar-refractivity contribution in [3.05, 3.63) is 24.3 Å². The largest absolute Gasteiger partial charge is 0.399 e. The summed E-state index contributed by atoms with van der Waals surface area (Å²) in [6.07, 6.45) is 2.67. The molecule has 0 atom stereocenters. The Kier molecular flexibility index (Phi) is 4.26. The van der Waals surface area contributed by atoms with Crippen LogP contribution in [0.15, 0.2) is 24.3 Å². The van der Waals surface area contributed by atoms with Gasteiger partial charge in [0.25, 0.3) is 0 Å². The van der Waals surface area contributed by atoms with Crippen molar-refractivity contribution in [2.24, 2.45) is 0 Å². The van der Waals surface area contributed by atoms with Crippen LogP contribution in [0.4, 0.5) is 11.4 Å². The lowest BCUT2D eigenvalue weighted by Gasteiger charge is -2.33. The van der Waals surface area contributed by atoms with Crippen LogP contribution in [0.1, 0.15) is 19.8 Å². The number of unbranched alkanes of at least 4 members (excludes halogenated alkanes) is 1. The maximum absolute atomic E-state index is 5.71. The number of nitrogens with two attached hydrogens (primary N) is 1. The summed E-state index contributed by atoms with van der Waals surface area (Å²) in [5.41, 5.74) is 7.87. The quantitative estimate of drug-likeness (QED) is 0.755. The summed E-state index contributed by atoms with van der Waals surface area (Å²) in [7, 11) is 0. The third-order valence-electron chi connectivity index (χ3n) is 3.61. The van der Waals surface area contributed by atoms with Gasteiger partial charge in [0.1, 0.15) is 0 Å². The fourth-order valence-corrected chi connectivity index (χ4v) is 2.44. The summed E-state index contributed by atoms with van der Waals surface area (Å²) >= 11 is 0. The summed E-state index contributed by atoms with van der Waals surface area (Å²) in [6, 6.07) is 8.25. The monoisotopic (exact) mass is 234 g/mol. The fraction of sp³-hybridized carbons (Fsp3) is 0.571. The van der Waals surface area contributed by atoms with Crippen molar-refractivity contribution in [1.29, 1.82) is 0 Å². The van der Waals surface area contributed by atoms with Crippen molar-refractivity contribution in [3.8, 4) is 0 Å². The lowest BCUT2D eigenvalue weighted by atomic mass is 10.2. The zero-order valence-corrected chi connectivity index (χ0v) is 10.8. The molecule has 0 spiro atoms. The van der Waals surface area contributed by atoms with Crippen LogP contribution in [0.2, 0.25) is 0 Å². The minimum absolute atomic E-state index is 0.848. The SMILES string of the molecule is CCCC[NH+]1CCN(c2ccc(N)cc2)CC1. The number of benzene rings is 1. The van der Waals surface area contributed by atoms with E-state index in [-0.39, 0.29) is 0 Å². The van der Waals surface area contributed by atoms with Gasteiger partial charge in [0.05, 0.1) is 32.7 Å². The number of rotatable bonds is 4. The van der Waals surface area contributed by atoms with Gasteiger partial charge in [-0.2, -0.15) is 0 Å². The molecule has 3 nitrogen and oxygen atoms in total. The molecule has 1 aromatic carbocycles. The molecule has 0 bridgehead atoms. The second-order valence-electron chi connectivity index (χ2n) is 4.93. The van der Waals surface area contributed by atoms with Crippen LogP contribution >= 0.6 is 0 Å². The van der Waals surface area contributed by atoms with E-state index in [2.05, 4.69) is 24.0 Å². The van der Waals surface area contributed by atoms with Crippen LogP contribution in [0, 0.1) is 0 Å². The second-order valence-corrected chi connectivity index (χ2v) is 4.93. The Labute approximate surface area is 104 Å². The molecule has 1 saturated heterocycles. The summed E-state index contributed by atoms with van der Waals surface area (Å²) in [4.78, 5) is 4.23. The molecular formula is C14H24N3+. The van der Waals surface area contributed by atoms with E-state index in [1.54, 1.807) is 4.90 Å². The molecule has 3 heteroatoms. The van der Waals surface area contributed by atoms with Gasteiger partial charge in [-0.1, -0.05) is 13.3 Å². The summed E-state index contributed by atoms with van der Waals surface area (Å²) in [5, 5.41) is 0. The molecule has 0 aromatic heterocycles. The van der Waals surface area contributed by atoms with Gasteiger partial charge >= 0.3 is 0 Å². The van der Waals surface area contributed by atoms with E-state index < -0.39 is 0 Å². The highest BCUT2D eigenvalue weighted by atomic mass is 15.3. The van der Waals surface area contributed by atoms with Gasteiger partial charge in [-0.25, -0.2) is 0 Å². The molecule has 0 unspecified atom stereocenters. The number of nitrogens with one attached hydrogen (secondary N) is 1. The fourth-order valence-electron chi connectivity index (χ4n) is 2.44. The van der Waals surface area contributed by atoms with E-state index >= 15 is 0 Å². The highest BCUT2D eigenvalue weighted by Crippen LogP contribution is 2.15. The Morgan fingerprint density at radius 1 is 1.18 bits per heavy atom. The molecule has 1 fully saturated rings. The van der Waals surface area contributed by atoms with Crippen molar-refractivity contribution >= 4 is 11.4 Å². The van der Waals surface area contributed by atoms with Gasteiger partial charge < -0.3 is 15.5 Å². The summed E-state index contributed by atoms with van der Waals surface area (Å²) < 4.78 is 0. The molecule has 17 heavy (non-hydrogen) atoms. The first kappa shape index (κ1) is 12.2. The van der Waals surface area contributed by atoms with Crippen molar-refractivity contribution in [2.75, 3.05) is 43.4 Å². The number of hydrogen-bond acceptors (Lipinski definition) is 2. The maximum Gasteiger partial charge on any atom is 0.0949 e. The Bertz CT molecular complexity index is 326. The molecule has 1 heterocycles. The first-order chi connectivity index (χ1) is 8.29. The number of hydrogen-bond donors (Lipinski definition) is 2. The summed E-state index contributed by atoms with van der Waals surface area (Å²) in [5.74, 6) is 0.